The molecule has 1 amide bonds. The largest absolute Gasteiger partial charge is 0.491 e. The second-order valence-electron chi connectivity index (χ2n) is 5.30. The van der Waals surface area contributed by atoms with Gasteiger partial charge in [-0.25, -0.2) is 0 Å². The quantitative estimate of drug-likeness (QED) is 0.859. The predicted octanol–water partition coefficient (Wildman–Crippen LogP) is 1.58. The molecule has 1 aromatic rings. The number of amides is 1. The highest BCUT2D eigenvalue weighted by molar-refractivity contribution is 5.82. The molecule has 0 aliphatic carbocycles. The van der Waals surface area contributed by atoms with Gasteiger partial charge in [0.15, 0.2) is 0 Å². The van der Waals surface area contributed by atoms with Gasteiger partial charge in [0.25, 0.3) is 0 Å². The van der Waals surface area contributed by atoms with E-state index in [1.807, 2.05) is 0 Å². The van der Waals surface area contributed by atoms with Crippen LogP contribution < -0.4 is 15.4 Å². The predicted molar refractivity (Wildman–Crippen MR) is 77.2 cm³/mol. The van der Waals surface area contributed by atoms with Crippen molar-refractivity contribution in [1.29, 1.82) is 0 Å². The Kier molecular flexibility index (Phi) is 5.84. The molecule has 128 valence electrons. The fourth-order valence-corrected chi connectivity index (χ4v) is 2.16. The number of morpholine rings is 1. The topological polar surface area (TPSA) is 59.6 Å². The lowest BCUT2D eigenvalue weighted by Crippen LogP contribution is -2.53. The first-order valence-corrected chi connectivity index (χ1v) is 7.28. The smallest absolute Gasteiger partial charge is 0.419 e. The van der Waals surface area contributed by atoms with E-state index < -0.39 is 23.8 Å². The average molecular weight is 332 g/mol. The van der Waals surface area contributed by atoms with E-state index in [2.05, 4.69) is 10.6 Å². The molecule has 2 rings (SSSR count). The van der Waals surface area contributed by atoms with Crippen LogP contribution in [-0.2, 0) is 15.7 Å². The molecule has 0 aromatic heterocycles. The van der Waals surface area contributed by atoms with E-state index >= 15 is 0 Å². The van der Waals surface area contributed by atoms with Crippen LogP contribution >= 0.6 is 0 Å². The van der Waals surface area contributed by atoms with E-state index in [1.54, 1.807) is 6.92 Å². The Bertz CT molecular complexity index is 531. The molecule has 2 unspecified atom stereocenters. The number of carbonyl (C=O) groups is 1. The van der Waals surface area contributed by atoms with Crippen LogP contribution in [0, 0.1) is 0 Å². The summed E-state index contributed by atoms with van der Waals surface area (Å²) in [6, 6.07) is 4.10. The normalized spacial score (nSPS) is 19.9. The van der Waals surface area contributed by atoms with Gasteiger partial charge in [-0.1, -0.05) is 12.1 Å². The molecule has 5 nitrogen and oxygen atoms in total. The number of carbonyl (C=O) groups excluding carboxylic acids is 1. The first-order chi connectivity index (χ1) is 10.9. The number of para-hydroxylation sites is 1. The molecule has 2 atom stereocenters. The number of rotatable bonds is 5. The number of alkyl halides is 3. The average Bonchev–Trinajstić information content (AvgIpc) is 2.53. The molecule has 1 aliphatic rings. The van der Waals surface area contributed by atoms with Crippen LogP contribution in [0.5, 0.6) is 5.75 Å². The molecular formula is C15H19F3N2O3. The number of hydrogen-bond acceptors (Lipinski definition) is 4. The molecule has 0 radical (unpaired) electrons. The van der Waals surface area contributed by atoms with Gasteiger partial charge in [0, 0.05) is 6.54 Å². The molecule has 1 saturated heterocycles. The summed E-state index contributed by atoms with van der Waals surface area (Å²) in [7, 11) is 0. The fourth-order valence-electron chi connectivity index (χ4n) is 2.16. The highest BCUT2D eigenvalue weighted by Gasteiger charge is 2.34. The zero-order chi connectivity index (χ0) is 16.9. The molecule has 2 N–H and O–H groups in total. The monoisotopic (exact) mass is 332 g/mol. The summed E-state index contributed by atoms with van der Waals surface area (Å²) in [5.74, 6) is -0.509. The third-order valence-corrected chi connectivity index (χ3v) is 3.31. The van der Waals surface area contributed by atoms with Gasteiger partial charge in [0.05, 0.1) is 24.8 Å². The van der Waals surface area contributed by atoms with Gasteiger partial charge in [0.1, 0.15) is 18.4 Å². The Balaban J connectivity index is 1.87. The van der Waals surface area contributed by atoms with Crippen molar-refractivity contribution in [1.82, 2.24) is 10.6 Å². The van der Waals surface area contributed by atoms with E-state index in [4.69, 9.17) is 9.47 Å². The van der Waals surface area contributed by atoms with E-state index in [1.165, 1.54) is 18.2 Å². The van der Waals surface area contributed by atoms with Gasteiger partial charge in [-0.3, -0.25) is 4.79 Å². The number of nitrogens with one attached hydrogen (secondary N) is 2. The minimum atomic E-state index is -4.48. The summed E-state index contributed by atoms with van der Waals surface area (Å²) >= 11 is 0. The third kappa shape index (κ3) is 5.11. The van der Waals surface area contributed by atoms with Crippen molar-refractivity contribution < 1.29 is 27.4 Å². The van der Waals surface area contributed by atoms with Gasteiger partial charge in [0.2, 0.25) is 5.91 Å². The molecule has 1 aromatic carbocycles. The number of benzene rings is 1. The van der Waals surface area contributed by atoms with Gasteiger partial charge in [-0.2, -0.15) is 13.2 Å². The Morgan fingerprint density at radius 1 is 1.48 bits per heavy atom. The zero-order valence-corrected chi connectivity index (χ0v) is 12.7. The van der Waals surface area contributed by atoms with Crippen molar-refractivity contribution in [2.24, 2.45) is 0 Å². The van der Waals surface area contributed by atoms with Gasteiger partial charge in [-0.05, 0) is 19.1 Å². The van der Waals surface area contributed by atoms with Crippen LogP contribution in [-0.4, -0.2) is 44.4 Å². The summed E-state index contributed by atoms with van der Waals surface area (Å²) in [4.78, 5) is 12.0. The molecule has 0 bridgehead atoms. The van der Waals surface area contributed by atoms with Crippen molar-refractivity contribution in [3.63, 3.8) is 0 Å². The zero-order valence-electron chi connectivity index (χ0n) is 12.7. The Morgan fingerprint density at radius 2 is 2.22 bits per heavy atom. The standard InChI is InChI=1S/C15H19F3N2O3/c1-10(20-14(21)12-9-22-7-6-19-12)8-23-13-5-3-2-4-11(13)15(16,17)18/h2-5,10,12,19H,6-9H2,1H3,(H,20,21). The molecular weight excluding hydrogens is 313 g/mol. The van der Waals surface area contributed by atoms with Crippen LogP contribution in [0.25, 0.3) is 0 Å². The van der Waals surface area contributed by atoms with Crippen LogP contribution in [0.4, 0.5) is 13.2 Å². The van der Waals surface area contributed by atoms with Crippen molar-refractivity contribution >= 4 is 5.91 Å². The first kappa shape index (κ1) is 17.6. The molecule has 1 fully saturated rings. The molecule has 1 heterocycles. The highest BCUT2D eigenvalue weighted by atomic mass is 19.4. The Hall–Kier alpha value is -1.80. The summed E-state index contributed by atoms with van der Waals surface area (Å²) < 4.78 is 49.0. The maximum Gasteiger partial charge on any atom is 0.419 e. The van der Waals surface area contributed by atoms with E-state index in [0.717, 1.165) is 6.07 Å². The minimum Gasteiger partial charge on any atom is -0.491 e. The van der Waals surface area contributed by atoms with Crippen LogP contribution in [0.3, 0.4) is 0 Å². The van der Waals surface area contributed by atoms with Crippen LogP contribution in [0.2, 0.25) is 0 Å². The molecule has 8 heteroatoms. The number of halogens is 3. The summed E-state index contributed by atoms with van der Waals surface area (Å²) in [6.07, 6.45) is -4.48. The Labute approximate surface area is 132 Å². The number of hydrogen-bond donors (Lipinski definition) is 2. The highest BCUT2D eigenvalue weighted by Crippen LogP contribution is 2.35. The van der Waals surface area contributed by atoms with Crippen LogP contribution in [0.1, 0.15) is 12.5 Å². The summed E-state index contributed by atoms with van der Waals surface area (Å²) in [6.45, 7) is 3.01. The maximum absolute atomic E-state index is 12.9. The fraction of sp³-hybridized carbons (Fsp3) is 0.533. The van der Waals surface area contributed by atoms with Crippen molar-refractivity contribution in [2.45, 2.75) is 25.2 Å². The SMILES string of the molecule is CC(COc1ccccc1C(F)(F)F)NC(=O)C1COCCN1. The summed E-state index contributed by atoms with van der Waals surface area (Å²) in [5, 5.41) is 5.69. The third-order valence-electron chi connectivity index (χ3n) is 3.31. The van der Waals surface area contributed by atoms with Gasteiger partial charge < -0.3 is 20.1 Å². The summed E-state index contributed by atoms with van der Waals surface area (Å²) in [5.41, 5.74) is -0.833. The van der Waals surface area contributed by atoms with Gasteiger partial charge in [-0.15, -0.1) is 0 Å². The second kappa shape index (κ2) is 7.65. The van der Waals surface area contributed by atoms with E-state index in [9.17, 15) is 18.0 Å². The molecule has 1 aliphatic heterocycles. The lowest BCUT2D eigenvalue weighted by Gasteiger charge is -2.25. The minimum absolute atomic E-state index is 0.0631. The lowest BCUT2D eigenvalue weighted by atomic mass is 10.2. The van der Waals surface area contributed by atoms with E-state index in [0.29, 0.717) is 13.2 Å². The van der Waals surface area contributed by atoms with Crippen molar-refractivity contribution in [3.8, 4) is 5.75 Å². The number of ether oxygens (including phenoxy) is 2. The second-order valence-corrected chi connectivity index (χ2v) is 5.30. The lowest BCUT2D eigenvalue weighted by molar-refractivity contribution is -0.139. The van der Waals surface area contributed by atoms with Crippen molar-refractivity contribution in [2.75, 3.05) is 26.4 Å². The Morgan fingerprint density at radius 3 is 2.87 bits per heavy atom. The molecule has 0 saturated carbocycles. The van der Waals surface area contributed by atoms with Gasteiger partial charge >= 0.3 is 6.18 Å². The van der Waals surface area contributed by atoms with E-state index in [-0.39, 0.29) is 24.9 Å². The molecule has 23 heavy (non-hydrogen) atoms. The maximum atomic E-state index is 12.9. The van der Waals surface area contributed by atoms with Crippen molar-refractivity contribution in [3.05, 3.63) is 29.8 Å². The molecule has 0 spiro atoms. The van der Waals surface area contributed by atoms with Crippen LogP contribution in [0.15, 0.2) is 24.3 Å². The first-order valence-electron chi connectivity index (χ1n) is 7.28.